The molecule has 0 radical (unpaired) electrons. The quantitative estimate of drug-likeness (QED) is 0.552. The van der Waals surface area contributed by atoms with Gasteiger partial charge in [-0.3, -0.25) is 0 Å². The van der Waals surface area contributed by atoms with Gasteiger partial charge in [0.2, 0.25) is 0 Å². The summed E-state index contributed by atoms with van der Waals surface area (Å²) in [5.74, 6) is 1.39. The Labute approximate surface area is 169 Å². The first kappa shape index (κ1) is 20.0. The summed E-state index contributed by atoms with van der Waals surface area (Å²) in [6.07, 6.45) is 0. The number of aliphatic hydroxyl groups is 2. The van der Waals surface area contributed by atoms with Gasteiger partial charge in [0.15, 0.2) is 0 Å². The normalized spacial score (nSPS) is 10.5. The number of ether oxygens (including phenoxy) is 2. The van der Waals surface area contributed by atoms with E-state index < -0.39 is 0 Å². The third-order valence-corrected chi connectivity index (χ3v) is 4.25. The number of halogens is 1. The number of hydrogen-bond donors (Lipinski definition) is 2. The number of rotatable bonds is 9. The van der Waals surface area contributed by atoms with Crippen molar-refractivity contribution in [3.63, 3.8) is 0 Å². The second-order valence-electron chi connectivity index (χ2n) is 5.94. The fourth-order valence-electron chi connectivity index (χ4n) is 2.75. The summed E-state index contributed by atoms with van der Waals surface area (Å²) in [5, 5.41) is 18.5. The third kappa shape index (κ3) is 5.16. The summed E-state index contributed by atoms with van der Waals surface area (Å²) in [5.41, 5.74) is 2.85. The third-order valence-electron chi connectivity index (χ3n) is 3.99. The fraction of sp³-hybridized carbons (Fsp3) is 0.182. The van der Waals surface area contributed by atoms with E-state index in [0.717, 1.165) is 17.1 Å². The number of anilines is 3. The average molecular weight is 400 g/mol. The van der Waals surface area contributed by atoms with E-state index in [0.29, 0.717) is 16.5 Å². The molecule has 0 saturated carbocycles. The summed E-state index contributed by atoms with van der Waals surface area (Å²) in [6.45, 7) is 0.470. The van der Waals surface area contributed by atoms with E-state index in [-0.39, 0.29) is 26.4 Å². The van der Waals surface area contributed by atoms with Crippen molar-refractivity contribution in [2.24, 2.45) is 0 Å². The van der Waals surface area contributed by atoms with E-state index in [1.165, 1.54) is 0 Å². The Kier molecular flexibility index (Phi) is 7.14. The first-order chi connectivity index (χ1) is 13.7. The molecule has 2 N–H and O–H groups in total. The van der Waals surface area contributed by atoms with E-state index in [4.69, 9.17) is 31.3 Å². The summed E-state index contributed by atoms with van der Waals surface area (Å²) in [7, 11) is 0. The molecule has 6 heteroatoms. The van der Waals surface area contributed by atoms with Gasteiger partial charge in [0.05, 0.1) is 13.2 Å². The zero-order chi connectivity index (χ0) is 19.8. The van der Waals surface area contributed by atoms with Crippen molar-refractivity contribution in [1.29, 1.82) is 0 Å². The smallest absolute Gasteiger partial charge is 0.119 e. The van der Waals surface area contributed by atoms with Gasteiger partial charge >= 0.3 is 0 Å². The Bertz CT molecular complexity index is 800. The highest BCUT2D eigenvalue weighted by Gasteiger charge is 2.13. The van der Waals surface area contributed by atoms with Crippen LogP contribution in [0.25, 0.3) is 0 Å². The minimum atomic E-state index is -0.0245. The van der Waals surface area contributed by atoms with Gasteiger partial charge in [0.1, 0.15) is 24.7 Å². The Hall–Kier alpha value is -2.73. The van der Waals surface area contributed by atoms with Gasteiger partial charge < -0.3 is 24.6 Å². The van der Waals surface area contributed by atoms with Gasteiger partial charge in [0.25, 0.3) is 0 Å². The second-order valence-corrected chi connectivity index (χ2v) is 6.38. The molecule has 0 aliphatic heterocycles. The molecule has 0 heterocycles. The maximum atomic E-state index is 8.90. The van der Waals surface area contributed by atoms with Crippen LogP contribution >= 0.6 is 11.6 Å². The molecule has 0 unspecified atom stereocenters. The first-order valence-corrected chi connectivity index (χ1v) is 9.32. The van der Waals surface area contributed by atoms with Crippen molar-refractivity contribution in [1.82, 2.24) is 0 Å². The molecule has 28 heavy (non-hydrogen) atoms. The molecule has 0 spiro atoms. The first-order valence-electron chi connectivity index (χ1n) is 8.94. The summed E-state index contributed by atoms with van der Waals surface area (Å²) in [4.78, 5) is 2.09. The van der Waals surface area contributed by atoms with Crippen LogP contribution in [0.3, 0.4) is 0 Å². The molecule has 3 aromatic rings. The monoisotopic (exact) mass is 399 g/mol. The van der Waals surface area contributed by atoms with Crippen molar-refractivity contribution >= 4 is 28.7 Å². The summed E-state index contributed by atoms with van der Waals surface area (Å²) >= 11 is 6.05. The van der Waals surface area contributed by atoms with Crippen LogP contribution < -0.4 is 14.4 Å². The minimum Gasteiger partial charge on any atom is -0.491 e. The summed E-state index contributed by atoms with van der Waals surface area (Å²) < 4.78 is 10.9. The van der Waals surface area contributed by atoms with Crippen molar-refractivity contribution < 1.29 is 19.7 Å². The highest BCUT2D eigenvalue weighted by Crippen LogP contribution is 2.36. The standard InChI is InChI=1S/C22H22ClNO4/c23-17-1-3-18(4-2-17)24(19-5-9-21(10-6-19)27-15-13-25)20-7-11-22(12-8-20)28-16-14-26/h1-12,25-26H,13-16H2. The number of aliphatic hydroxyl groups excluding tert-OH is 2. The molecular weight excluding hydrogens is 378 g/mol. The predicted octanol–water partition coefficient (Wildman–Crippen LogP) is 4.55. The van der Waals surface area contributed by atoms with Crippen LogP contribution in [-0.4, -0.2) is 36.6 Å². The largest absolute Gasteiger partial charge is 0.491 e. The summed E-state index contributed by atoms with van der Waals surface area (Å²) in [6, 6.07) is 22.9. The van der Waals surface area contributed by atoms with Crippen LogP contribution in [0.1, 0.15) is 0 Å². The molecule has 0 atom stereocenters. The molecule has 0 saturated heterocycles. The predicted molar refractivity (Wildman–Crippen MR) is 111 cm³/mol. The second kappa shape index (κ2) is 9.99. The van der Waals surface area contributed by atoms with Crippen LogP contribution in [0.2, 0.25) is 5.02 Å². The van der Waals surface area contributed by atoms with Gasteiger partial charge in [-0.2, -0.15) is 0 Å². The van der Waals surface area contributed by atoms with Crippen molar-refractivity contribution in [3.8, 4) is 11.5 Å². The van der Waals surface area contributed by atoms with Crippen molar-refractivity contribution in [2.45, 2.75) is 0 Å². The van der Waals surface area contributed by atoms with Gasteiger partial charge in [-0.25, -0.2) is 0 Å². The van der Waals surface area contributed by atoms with E-state index in [1.54, 1.807) is 0 Å². The van der Waals surface area contributed by atoms with Crippen molar-refractivity contribution in [2.75, 3.05) is 31.3 Å². The molecule has 3 aromatic carbocycles. The Morgan fingerprint density at radius 1 is 0.607 bits per heavy atom. The SMILES string of the molecule is OCCOc1ccc(N(c2ccc(Cl)cc2)c2ccc(OCCO)cc2)cc1. The van der Waals surface area contributed by atoms with E-state index in [9.17, 15) is 0 Å². The molecule has 5 nitrogen and oxygen atoms in total. The average Bonchev–Trinajstić information content (AvgIpc) is 2.74. The van der Waals surface area contributed by atoms with Gasteiger partial charge in [-0.1, -0.05) is 11.6 Å². The lowest BCUT2D eigenvalue weighted by atomic mass is 10.2. The Morgan fingerprint density at radius 3 is 1.32 bits per heavy atom. The van der Waals surface area contributed by atoms with Gasteiger partial charge in [-0.05, 0) is 72.8 Å². The number of nitrogens with zero attached hydrogens (tertiary/aromatic N) is 1. The molecule has 0 aliphatic rings. The molecule has 0 fully saturated rings. The molecule has 0 amide bonds. The Balaban J connectivity index is 1.92. The lowest BCUT2D eigenvalue weighted by Gasteiger charge is -2.26. The molecule has 0 bridgehead atoms. The lowest BCUT2D eigenvalue weighted by Crippen LogP contribution is -2.10. The zero-order valence-electron chi connectivity index (χ0n) is 15.3. The highest BCUT2D eigenvalue weighted by atomic mass is 35.5. The molecular formula is C22H22ClNO4. The zero-order valence-corrected chi connectivity index (χ0v) is 16.0. The van der Waals surface area contributed by atoms with Crippen LogP contribution in [-0.2, 0) is 0 Å². The topological polar surface area (TPSA) is 62.2 Å². The minimum absolute atomic E-state index is 0.0245. The number of benzene rings is 3. The van der Waals surface area contributed by atoms with Crippen LogP contribution in [0.4, 0.5) is 17.1 Å². The van der Waals surface area contributed by atoms with Crippen molar-refractivity contribution in [3.05, 3.63) is 77.8 Å². The Morgan fingerprint density at radius 2 is 0.964 bits per heavy atom. The highest BCUT2D eigenvalue weighted by molar-refractivity contribution is 6.30. The lowest BCUT2D eigenvalue weighted by molar-refractivity contribution is 0.201. The van der Waals surface area contributed by atoms with Crippen LogP contribution in [0, 0.1) is 0 Å². The van der Waals surface area contributed by atoms with Gasteiger partial charge in [-0.15, -0.1) is 0 Å². The maximum absolute atomic E-state index is 8.90. The number of hydrogen-bond acceptors (Lipinski definition) is 5. The fourth-order valence-corrected chi connectivity index (χ4v) is 2.87. The molecule has 0 aliphatic carbocycles. The van der Waals surface area contributed by atoms with E-state index in [2.05, 4.69) is 4.90 Å². The van der Waals surface area contributed by atoms with Crippen LogP contribution in [0.15, 0.2) is 72.8 Å². The van der Waals surface area contributed by atoms with E-state index in [1.807, 2.05) is 72.8 Å². The van der Waals surface area contributed by atoms with Gasteiger partial charge in [0, 0.05) is 22.1 Å². The molecule has 146 valence electrons. The molecule has 3 rings (SSSR count). The van der Waals surface area contributed by atoms with E-state index >= 15 is 0 Å². The molecule has 0 aromatic heterocycles. The van der Waals surface area contributed by atoms with Crippen LogP contribution in [0.5, 0.6) is 11.5 Å². The maximum Gasteiger partial charge on any atom is 0.119 e.